The summed E-state index contributed by atoms with van der Waals surface area (Å²) in [4.78, 5) is 34.7. The van der Waals surface area contributed by atoms with Crippen LogP contribution >= 0.6 is 0 Å². The quantitative estimate of drug-likeness (QED) is 0.242. The van der Waals surface area contributed by atoms with Crippen LogP contribution in [-0.2, 0) is 11.3 Å². The number of likely N-dealkylation sites (tertiary alicyclic amines) is 2. The molecule has 1 N–H and O–H groups in total. The van der Waals surface area contributed by atoms with E-state index < -0.39 is 17.2 Å². The minimum Gasteiger partial charge on any atom is -0.444 e. The molecule has 12 heteroatoms. The van der Waals surface area contributed by atoms with Gasteiger partial charge in [0.15, 0.2) is 5.82 Å². The topological polar surface area (TPSA) is 101 Å². The van der Waals surface area contributed by atoms with Crippen LogP contribution in [0.3, 0.4) is 0 Å². The molecule has 0 radical (unpaired) electrons. The van der Waals surface area contributed by atoms with E-state index in [4.69, 9.17) is 4.74 Å². The number of hydrogen-bond acceptors (Lipinski definition) is 8. The Bertz CT molecular complexity index is 1770. The molecule has 4 aromatic rings. The Labute approximate surface area is 268 Å². The molecule has 46 heavy (non-hydrogen) atoms. The van der Waals surface area contributed by atoms with Crippen molar-refractivity contribution in [3.63, 3.8) is 0 Å². The Kier molecular flexibility index (Phi) is 8.20. The standard InChI is InChI=1S/C34H42F2N8O2/c1-20(2)44-21(3)40-30-26(35)11-23(12-28(30)44)25-13-29(37-16-27(25)36)41-31-38-14-22(15-39-31)17-43-10-8-9-24-18-42(19-34(24,43)7)32(45)46-33(4,5)6/h11-16,20,24H,8-10,17-19H2,1-7H3,(H,37,38,39,41)/t24-,34?/m0/s1. The van der Waals surface area contributed by atoms with Gasteiger partial charge in [-0.2, -0.15) is 0 Å². The molecule has 244 valence electrons. The second kappa shape index (κ2) is 11.9. The summed E-state index contributed by atoms with van der Waals surface area (Å²) in [6.07, 6.45) is 6.51. The van der Waals surface area contributed by atoms with Crippen molar-refractivity contribution in [2.75, 3.05) is 25.0 Å². The first-order chi connectivity index (χ1) is 21.7. The molecule has 2 saturated heterocycles. The predicted octanol–water partition coefficient (Wildman–Crippen LogP) is 7.02. The average Bonchev–Trinajstić information content (AvgIpc) is 3.52. The van der Waals surface area contributed by atoms with Crippen LogP contribution in [0.5, 0.6) is 0 Å². The van der Waals surface area contributed by atoms with E-state index in [1.165, 1.54) is 12.1 Å². The third-order valence-corrected chi connectivity index (χ3v) is 9.11. The molecule has 10 nitrogen and oxygen atoms in total. The fraction of sp³-hybridized carbons (Fsp3) is 0.500. The number of anilines is 2. The van der Waals surface area contributed by atoms with Gasteiger partial charge < -0.3 is 19.5 Å². The number of hydrogen-bond donors (Lipinski definition) is 1. The van der Waals surface area contributed by atoms with Crippen molar-refractivity contribution < 1.29 is 18.3 Å². The van der Waals surface area contributed by atoms with Crippen molar-refractivity contribution in [1.82, 2.24) is 34.3 Å². The van der Waals surface area contributed by atoms with Crippen LogP contribution in [0.4, 0.5) is 25.3 Å². The highest BCUT2D eigenvalue weighted by atomic mass is 19.1. The Hall–Kier alpha value is -4.19. The summed E-state index contributed by atoms with van der Waals surface area (Å²) in [7, 11) is 0. The van der Waals surface area contributed by atoms with Crippen LogP contribution in [-0.4, -0.2) is 71.2 Å². The molecule has 0 aliphatic carbocycles. The van der Waals surface area contributed by atoms with E-state index >= 15 is 8.78 Å². The Balaban J connectivity index is 1.17. The second-order valence-electron chi connectivity index (χ2n) is 14.0. The van der Waals surface area contributed by atoms with Crippen molar-refractivity contribution in [2.24, 2.45) is 5.92 Å². The Morgan fingerprint density at radius 2 is 1.85 bits per heavy atom. The van der Waals surface area contributed by atoms with Crippen molar-refractivity contribution in [2.45, 2.75) is 85.0 Å². The van der Waals surface area contributed by atoms with Gasteiger partial charge in [0, 0.05) is 54.7 Å². The fourth-order valence-corrected chi connectivity index (χ4v) is 6.95. The Morgan fingerprint density at radius 1 is 1.11 bits per heavy atom. The lowest BCUT2D eigenvalue weighted by molar-refractivity contribution is 0.0185. The average molecular weight is 633 g/mol. The Morgan fingerprint density at radius 3 is 2.54 bits per heavy atom. The maximum Gasteiger partial charge on any atom is 0.410 e. The van der Waals surface area contributed by atoms with E-state index in [1.54, 1.807) is 18.5 Å². The molecule has 3 aromatic heterocycles. The van der Waals surface area contributed by atoms with Gasteiger partial charge in [-0.3, -0.25) is 4.90 Å². The molecular formula is C34H42F2N8O2. The lowest BCUT2D eigenvalue weighted by Crippen LogP contribution is -2.55. The van der Waals surface area contributed by atoms with Crippen LogP contribution in [0.25, 0.3) is 22.2 Å². The molecule has 0 saturated carbocycles. The van der Waals surface area contributed by atoms with E-state index in [-0.39, 0.29) is 28.8 Å². The first-order valence-electron chi connectivity index (χ1n) is 15.9. The van der Waals surface area contributed by atoms with Gasteiger partial charge >= 0.3 is 6.09 Å². The number of aromatic nitrogens is 5. The molecular weight excluding hydrogens is 590 g/mol. The third kappa shape index (κ3) is 6.14. The lowest BCUT2D eigenvalue weighted by atomic mass is 9.80. The summed E-state index contributed by atoms with van der Waals surface area (Å²) in [5.74, 6) is 0.612. The number of nitrogens with zero attached hydrogens (tertiary/aromatic N) is 7. The zero-order chi connectivity index (χ0) is 33.0. The summed E-state index contributed by atoms with van der Waals surface area (Å²) in [6.45, 7) is 16.6. The fourth-order valence-electron chi connectivity index (χ4n) is 6.95. The number of rotatable bonds is 6. The first kappa shape index (κ1) is 31.8. The smallest absolute Gasteiger partial charge is 0.410 e. The number of carbonyl (C=O) groups is 1. The number of benzene rings is 1. The van der Waals surface area contributed by atoms with Gasteiger partial charge in [-0.05, 0) is 97.5 Å². The highest BCUT2D eigenvalue weighted by Crippen LogP contribution is 2.41. The maximum atomic E-state index is 15.1. The molecule has 6 rings (SSSR count). The zero-order valence-corrected chi connectivity index (χ0v) is 27.6. The van der Waals surface area contributed by atoms with Gasteiger partial charge in [0.1, 0.15) is 28.6 Å². The van der Waals surface area contributed by atoms with Crippen molar-refractivity contribution in [1.29, 1.82) is 0 Å². The molecule has 2 aliphatic heterocycles. The van der Waals surface area contributed by atoms with E-state index in [0.717, 1.165) is 31.1 Å². The summed E-state index contributed by atoms with van der Waals surface area (Å²) >= 11 is 0. The van der Waals surface area contributed by atoms with E-state index in [0.29, 0.717) is 54.2 Å². The van der Waals surface area contributed by atoms with Crippen LogP contribution < -0.4 is 5.32 Å². The number of nitrogens with one attached hydrogen (secondary N) is 1. The van der Waals surface area contributed by atoms with Crippen molar-refractivity contribution in [3.8, 4) is 11.1 Å². The number of fused-ring (bicyclic) bond motifs is 2. The summed E-state index contributed by atoms with van der Waals surface area (Å²) in [5.41, 5.74) is 1.69. The van der Waals surface area contributed by atoms with Gasteiger partial charge in [-0.25, -0.2) is 33.5 Å². The van der Waals surface area contributed by atoms with Crippen LogP contribution in [0.1, 0.15) is 71.8 Å². The molecule has 0 spiro atoms. The van der Waals surface area contributed by atoms with E-state index in [9.17, 15) is 4.79 Å². The van der Waals surface area contributed by atoms with Gasteiger partial charge in [0.25, 0.3) is 0 Å². The molecule has 2 aliphatic rings. The summed E-state index contributed by atoms with van der Waals surface area (Å²) in [5, 5.41) is 3.06. The number of piperidine rings is 1. The van der Waals surface area contributed by atoms with Crippen molar-refractivity contribution in [3.05, 3.63) is 59.8 Å². The first-order valence-corrected chi connectivity index (χ1v) is 15.9. The number of halogens is 2. The lowest BCUT2D eigenvalue weighted by Gasteiger charge is -2.46. The van der Waals surface area contributed by atoms with Crippen LogP contribution in [0.15, 0.2) is 36.8 Å². The minimum atomic E-state index is -0.571. The number of pyridine rings is 1. The highest BCUT2D eigenvalue weighted by Gasteiger charge is 2.50. The monoisotopic (exact) mass is 632 g/mol. The van der Waals surface area contributed by atoms with Crippen LogP contribution in [0.2, 0.25) is 0 Å². The largest absolute Gasteiger partial charge is 0.444 e. The highest BCUT2D eigenvalue weighted by molar-refractivity contribution is 5.84. The molecule has 1 amide bonds. The van der Waals surface area contributed by atoms with Gasteiger partial charge in [-0.15, -0.1) is 0 Å². The number of imidazole rings is 1. The predicted molar refractivity (Wildman–Crippen MR) is 173 cm³/mol. The van der Waals surface area contributed by atoms with Gasteiger partial charge in [0.05, 0.1) is 11.7 Å². The van der Waals surface area contributed by atoms with Crippen molar-refractivity contribution >= 4 is 28.9 Å². The molecule has 2 atom stereocenters. The molecule has 0 bridgehead atoms. The van der Waals surface area contributed by atoms with Crippen LogP contribution in [0, 0.1) is 24.5 Å². The molecule has 5 heterocycles. The van der Waals surface area contributed by atoms with Gasteiger partial charge in [0.2, 0.25) is 5.95 Å². The number of carbonyl (C=O) groups excluding carboxylic acids is 1. The van der Waals surface area contributed by atoms with E-state index in [1.807, 2.05) is 51.0 Å². The van der Waals surface area contributed by atoms with Gasteiger partial charge in [-0.1, -0.05) is 0 Å². The maximum absolute atomic E-state index is 15.1. The van der Waals surface area contributed by atoms with E-state index in [2.05, 4.69) is 37.1 Å². The molecule has 2 fully saturated rings. The second-order valence-corrected chi connectivity index (χ2v) is 14.0. The summed E-state index contributed by atoms with van der Waals surface area (Å²) in [6, 6.07) is 4.65. The SMILES string of the molecule is Cc1nc2c(F)cc(-c3cc(Nc4ncc(CN5CCC[C@H]6CN(C(=O)OC(C)(C)C)CC65C)cn4)ncc3F)cc2n1C(C)C. The zero-order valence-electron chi connectivity index (χ0n) is 27.6. The third-order valence-electron chi connectivity index (χ3n) is 9.11. The normalized spacial score (nSPS) is 20.4. The number of ether oxygens (including phenoxy) is 1. The number of amides is 1. The minimum absolute atomic E-state index is 0.0589. The number of aryl methyl sites for hydroxylation is 1. The summed E-state index contributed by atoms with van der Waals surface area (Å²) < 4.78 is 37.7. The molecule has 1 aromatic carbocycles. The molecule has 1 unspecified atom stereocenters.